The first-order valence-electron chi connectivity index (χ1n) is 10.1. The number of benzene rings is 1. The van der Waals surface area contributed by atoms with Gasteiger partial charge in [0.1, 0.15) is 5.15 Å². The predicted octanol–water partition coefficient (Wildman–Crippen LogP) is 8.30. The molecule has 0 radical (unpaired) electrons. The third-order valence-electron chi connectivity index (χ3n) is 5.82. The Morgan fingerprint density at radius 1 is 0.923 bits per heavy atom. The van der Waals surface area contributed by atoms with Crippen molar-refractivity contribution in [2.75, 3.05) is 0 Å². The average Bonchev–Trinajstić information content (AvgIpc) is 2.68. The van der Waals surface area contributed by atoms with Gasteiger partial charge in [-0.3, -0.25) is 0 Å². The molecule has 3 rings (SSSR count). The Bertz CT molecular complexity index is 688. The van der Waals surface area contributed by atoms with Crippen molar-refractivity contribution in [2.45, 2.75) is 70.6 Å². The molecule has 2 aromatic rings. The summed E-state index contributed by atoms with van der Waals surface area (Å²) in [4.78, 5) is 4.15. The molecule has 1 aromatic heterocycles. The third-order valence-corrected chi connectivity index (χ3v) is 6.51. The summed E-state index contributed by atoms with van der Waals surface area (Å²) >= 11 is 12.0. The van der Waals surface area contributed by atoms with Crippen LogP contribution in [0, 0.1) is 5.92 Å². The first kappa shape index (κ1) is 19.7. The molecule has 140 valence electrons. The van der Waals surface area contributed by atoms with Crippen molar-refractivity contribution in [1.29, 1.82) is 0 Å². The molecule has 1 nitrogen and oxygen atoms in total. The molecule has 1 heterocycles. The van der Waals surface area contributed by atoms with Gasteiger partial charge >= 0.3 is 0 Å². The van der Waals surface area contributed by atoms with Crippen molar-refractivity contribution in [2.24, 2.45) is 5.92 Å². The second-order valence-electron chi connectivity index (χ2n) is 7.69. The van der Waals surface area contributed by atoms with Crippen LogP contribution in [0.1, 0.15) is 76.2 Å². The first-order chi connectivity index (χ1) is 12.7. The lowest BCUT2D eigenvalue weighted by Crippen LogP contribution is -2.13. The fourth-order valence-corrected chi connectivity index (χ4v) is 4.44. The van der Waals surface area contributed by atoms with Crippen molar-refractivity contribution in [3.05, 3.63) is 52.3 Å². The van der Waals surface area contributed by atoms with Gasteiger partial charge in [0.25, 0.3) is 0 Å². The Morgan fingerprint density at radius 3 is 2.31 bits per heavy atom. The second kappa shape index (κ2) is 9.76. The van der Waals surface area contributed by atoms with Crippen LogP contribution in [0.25, 0.3) is 11.1 Å². The Morgan fingerprint density at radius 2 is 1.65 bits per heavy atom. The Balaban J connectivity index is 1.54. The normalized spacial score (nSPS) is 20.3. The van der Waals surface area contributed by atoms with E-state index < -0.39 is 0 Å². The topological polar surface area (TPSA) is 12.9 Å². The number of nitrogens with zero attached hydrogens (tertiary/aromatic N) is 1. The van der Waals surface area contributed by atoms with Crippen LogP contribution in [0.5, 0.6) is 0 Å². The van der Waals surface area contributed by atoms with Crippen LogP contribution in [0.2, 0.25) is 10.2 Å². The highest BCUT2D eigenvalue weighted by atomic mass is 35.5. The van der Waals surface area contributed by atoms with Gasteiger partial charge in [0.05, 0.1) is 5.02 Å². The van der Waals surface area contributed by atoms with E-state index >= 15 is 0 Å². The van der Waals surface area contributed by atoms with Crippen LogP contribution in [-0.4, -0.2) is 4.98 Å². The Labute approximate surface area is 168 Å². The molecular weight excluding hydrogens is 361 g/mol. The lowest BCUT2D eigenvalue weighted by Gasteiger charge is -2.29. The van der Waals surface area contributed by atoms with E-state index in [0.717, 1.165) is 23.0 Å². The van der Waals surface area contributed by atoms with Crippen molar-refractivity contribution in [1.82, 2.24) is 4.98 Å². The minimum atomic E-state index is 0.360. The first-order valence-corrected chi connectivity index (χ1v) is 10.8. The standard InChI is InChI=1S/C23H29Cl2N/c1-2-3-4-5-6-17-7-9-18(10-8-17)19-11-13-20(14-12-19)21-15-22(24)23(25)26-16-21/h11-18H,2-10H2,1H3/t17-,18-. The zero-order chi connectivity index (χ0) is 18.4. The van der Waals surface area contributed by atoms with E-state index in [9.17, 15) is 0 Å². The van der Waals surface area contributed by atoms with Crippen molar-refractivity contribution in [3.8, 4) is 11.1 Å². The molecule has 0 bridgehead atoms. The van der Waals surface area contributed by atoms with E-state index in [2.05, 4.69) is 36.2 Å². The number of aromatic nitrogens is 1. The van der Waals surface area contributed by atoms with E-state index in [-0.39, 0.29) is 0 Å². The van der Waals surface area contributed by atoms with Gasteiger partial charge in [0.2, 0.25) is 0 Å². The fraction of sp³-hybridized carbons (Fsp3) is 0.522. The summed E-state index contributed by atoms with van der Waals surface area (Å²) in [6.45, 7) is 2.29. The Hall–Kier alpha value is -1.05. The van der Waals surface area contributed by atoms with Gasteiger partial charge in [-0.15, -0.1) is 0 Å². The lowest BCUT2D eigenvalue weighted by atomic mass is 9.77. The molecule has 3 heteroatoms. The highest BCUT2D eigenvalue weighted by molar-refractivity contribution is 6.41. The SMILES string of the molecule is CCCCCC[C@H]1CC[C@H](c2ccc(-c3cnc(Cl)c(Cl)c3)cc2)CC1. The molecular formula is C23H29Cl2N. The van der Waals surface area contributed by atoms with Gasteiger partial charge in [-0.2, -0.15) is 0 Å². The minimum absolute atomic E-state index is 0.360. The quantitative estimate of drug-likeness (QED) is 0.342. The molecule has 0 amide bonds. The maximum atomic E-state index is 6.09. The number of pyridine rings is 1. The van der Waals surface area contributed by atoms with Gasteiger partial charge in [0.15, 0.2) is 0 Å². The highest BCUT2D eigenvalue weighted by Gasteiger charge is 2.22. The molecule has 1 fully saturated rings. The maximum absolute atomic E-state index is 6.09. The predicted molar refractivity (Wildman–Crippen MR) is 113 cm³/mol. The maximum Gasteiger partial charge on any atom is 0.147 e. The Kier molecular flexibility index (Phi) is 7.40. The number of rotatable bonds is 7. The van der Waals surface area contributed by atoms with Crippen LogP contribution in [0.3, 0.4) is 0 Å². The van der Waals surface area contributed by atoms with Crippen molar-refractivity contribution >= 4 is 23.2 Å². The average molecular weight is 390 g/mol. The molecule has 1 aliphatic rings. The van der Waals surface area contributed by atoms with Crippen LogP contribution in [0.4, 0.5) is 0 Å². The molecule has 0 saturated heterocycles. The van der Waals surface area contributed by atoms with Crippen LogP contribution < -0.4 is 0 Å². The fourth-order valence-electron chi connectivity index (χ4n) is 4.17. The summed E-state index contributed by atoms with van der Waals surface area (Å²) in [6.07, 6.45) is 14.3. The van der Waals surface area contributed by atoms with Gasteiger partial charge in [-0.25, -0.2) is 4.98 Å². The monoisotopic (exact) mass is 389 g/mol. The molecule has 0 aliphatic heterocycles. The van der Waals surface area contributed by atoms with E-state index in [1.807, 2.05) is 6.07 Å². The van der Waals surface area contributed by atoms with Gasteiger partial charge in [0, 0.05) is 11.8 Å². The van der Waals surface area contributed by atoms with Crippen molar-refractivity contribution < 1.29 is 0 Å². The molecule has 0 atom stereocenters. The van der Waals surface area contributed by atoms with Crippen LogP contribution in [0.15, 0.2) is 36.5 Å². The molecule has 0 spiro atoms. The molecule has 26 heavy (non-hydrogen) atoms. The van der Waals surface area contributed by atoms with Gasteiger partial charge in [-0.1, -0.05) is 86.5 Å². The summed E-state index contributed by atoms with van der Waals surface area (Å²) in [7, 11) is 0. The largest absolute Gasteiger partial charge is 0.242 e. The van der Waals surface area contributed by atoms with E-state index in [0.29, 0.717) is 10.2 Å². The number of halogens is 2. The summed E-state index contributed by atoms with van der Waals surface area (Å²) < 4.78 is 0. The van der Waals surface area contributed by atoms with E-state index in [1.165, 1.54) is 63.4 Å². The molecule has 0 unspecified atom stereocenters. The van der Waals surface area contributed by atoms with E-state index in [4.69, 9.17) is 23.2 Å². The summed E-state index contributed by atoms with van der Waals surface area (Å²) in [6, 6.07) is 10.8. The molecule has 1 aliphatic carbocycles. The second-order valence-corrected chi connectivity index (χ2v) is 8.45. The number of unbranched alkanes of at least 4 members (excludes halogenated alkanes) is 3. The van der Waals surface area contributed by atoms with Crippen molar-refractivity contribution in [3.63, 3.8) is 0 Å². The van der Waals surface area contributed by atoms with E-state index in [1.54, 1.807) is 6.20 Å². The zero-order valence-electron chi connectivity index (χ0n) is 15.7. The summed E-state index contributed by atoms with van der Waals surface area (Å²) in [5.74, 6) is 1.69. The highest BCUT2D eigenvalue weighted by Crippen LogP contribution is 2.38. The minimum Gasteiger partial charge on any atom is -0.242 e. The van der Waals surface area contributed by atoms with Gasteiger partial charge < -0.3 is 0 Å². The van der Waals surface area contributed by atoms with Crippen LogP contribution >= 0.6 is 23.2 Å². The number of hydrogen-bond acceptors (Lipinski definition) is 1. The number of hydrogen-bond donors (Lipinski definition) is 0. The smallest absolute Gasteiger partial charge is 0.147 e. The lowest BCUT2D eigenvalue weighted by molar-refractivity contribution is 0.302. The molecule has 1 saturated carbocycles. The zero-order valence-corrected chi connectivity index (χ0v) is 17.2. The van der Waals surface area contributed by atoms with Crippen LogP contribution in [-0.2, 0) is 0 Å². The third kappa shape index (κ3) is 5.24. The summed E-state index contributed by atoms with van der Waals surface area (Å²) in [5.41, 5.74) is 3.64. The molecule has 1 aromatic carbocycles. The van der Waals surface area contributed by atoms with Gasteiger partial charge in [-0.05, 0) is 54.7 Å². The summed E-state index contributed by atoms with van der Waals surface area (Å²) in [5, 5.41) is 0.865. The molecule has 0 N–H and O–H groups in total.